The predicted octanol–water partition coefficient (Wildman–Crippen LogP) is 3.81. The molecule has 0 aliphatic rings. The van der Waals surface area contributed by atoms with Crippen molar-refractivity contribution in [3.63, 3.8) is 0 Å². The van der Waals surface area contributed by atoms with E-state index in [2.05, 4.69) is 5.32 Å². The number of hydrogen-bond donors (Lipinski definition) is 1. The minimum absolute atomic E-state index is 0.0136. The smallest absolute Gasteiger partial charge is 0.258 e. The first-order valence-corrected chi connectivity index (χ1v) is 7.15. The van der Waals surface area contributed by atoms with Crippen LogP contribution >= 0.6 is 11.8 Å². The van der Waals surface area contributed by atoms with Gasteiger partial charge in [0.2, 0.25) is 0 Å². The molecule has 2 aromatic carbocycles. The first-order valence-electron chi connectivity index (χ1n) is 5.93. The summed E-state index contributed by atoms with van der Waals surface area (Å²) in [7, 11) is 1.45. The number of amides is 1. The van der Waals surface area contributed by atoms with Gasteiger partial charge in [-0.05, 0) is 36.6 Å². The summed E-state index contributed by atoms with van der Waals surface area (Å²) in [4.78, 5) is 13.1. The average Bonchev–Trinajstić information content (AvgIpc) is 2.47. The topological polar surface area (TPSA) is 38.3 Å². The van der Waals surface area contributed by atoms with Gasteiger partial charge in [-0.3, -0.25) is 4.79 Å². The molecule has 2 rings (SSSR count). The molecule has 0 radical (unpaired) electrons. The van der Waals surface area contributed by atoms with Crippen molar-refractivity contribution < 1.29 is 13.9 Å². The van der Waals surface area contributed by atoms with E-state index >= 15 is 0 Å². The molecule has 0 bridgehead atoms. The maximum absolute atomic E-state index is 13.8. The Bertz CT molecular complexity index is 631. The molecule has 104 valence electrons. The fraction of sp³-hybridized carbons (Fsp3) is 0.133. The number of rotatable bonds is 4. The lowest BCUT2D eigenvalue weighted by Gasteiger charge is -2.08. The number of hydrogen-bond acceptors (Lipinski definition) is 3. The Balaban J connectivity index is 2.19. The number of anilines is 1. The van der Waals surface area contributed by atoms with E-state index in [1.165, 1.54) is 19.2 Å². The summed E-state index contributed by atoms with van der Waals surface area (Å²) in [5.41, 5.74) is 0.623. The standard InChI is InChI=1S/C15H14FNO2S/c1-19-11-6-7-13(14(16)9-11)15(18)17-10-4-3-5-12(8-10)20-2/h3-9H,1-2H3,(H,17,18). The average molecular weight is 291 g/mol. The van der Waals surface area contributed by atoms with Crippen LogP contribution in [0.4, 0.5) is 10.1 Å². The van der Waals surface area contributed by atoms with E-state index in [0.717, 1.165) is 4.90 Å². The van der Waals surface area contributed by atoms with Crippen molar-refractivity contribution in [3.05, 3.63) is 53.8 Å². The van der Waals surface area contributed by atoms with Gasteiger partial charge in [0, 0.05) is 16.6 Å². The summed E-state index contributed by atoms with van der Waals surface area (Å²) in [5, 5.41) is 2.68. The molecule has 20 heavy (non-hydrogen) atoms. The maximum atomic E-state index is 13.8. The van der Waals surface area contributed by atoms with Crippen molar-refractivity contribution in [3.8, 4) is 5.75 Å². The van der Waals surface area contributed by atoms with Gasteiger partial charge < -0.3 is 10.1 Å². The molecule has 2 aromatic rings. The second-order valence-corrected chi connectivity index (χ2v) is 4.91. The van der Waals surface area contributed by atoms with Gasteiger partial charge >= 0.3 is 0 Å². The molecule has 0 saturated heterocycles. The van der Waals surface area contributed by atoms with Gasteiger partial charge in [-0.2, -0.15) is 0 Å². The minimum Gasteiger partial charge on any atom is -0.497 e. The summed E-state index contributed by atoms with van der Waals surface area (Å²) < 4.78 is 18.7. The van der Waals surface area contributed by atoms with Gasteiger partial charge in [-0.1, -0.05) is 6.07 Å². The van der Waals surface area contributed by atoms with Crippen molar-refractivity contribution in [2.24, 2.45) is 0 Å². The molecule has 1 N–H and O–H groups in total. The van der Waals surface area contributed by atoms with Gasteiger partial charge in [-0.15, -0.1) is 11.8 Å². The van der Waals surface area contributed by atoms with E-state index in [4.69, 9.17) is 4.74 Å². The zero-order valence-corrected chi connectivity index (χ0v) is 12.0. The first kappa shape index (κ1) is 14.4. The van der Waals surface area contributed by atoms with E-state index in [-0.39, 0.29) is 5.56 Å². The number of thioether (sulfide) groups is 1. The summed E-state index contributed by atoms with van der Waals surface area (Å²) >= 11 is 1.57. The Morgan fingerprint density at radius 3 is 2.70 bits per heavy atom. The van der Waals surface area contributed by atoms with Crippen LogP contribution in [0, 0.1) is 5.82 Å². The molecular weight excluding hydrogens is 277 g/mol. The molecule has 0 spiro atoms. The van der Waals surface area contributed by atoms with Crippen molar-refractivity contribution in [2.75, 3.05) is 18.7 Å². The number of halogens is 1. The van der Waals surface area contributed by atoms with Crippen molar-refractivity contribution >= 4 is 23.4 Å². The number of carbonyl (C=O) groups is 1. The van der Waals surface area contributed by atoms with Gasteiger partial charge in [0.1, 0.15) is 11.6 Å². The van der Waals surface area contributed by atoms with Crippen LogP contribution in [0.15, 0.2) is 47.4 Å². The molecule has 1 amide bonds. The molecule has 0 fully saturated rings. The number of methoxy groups -OCH3 is 1. The molecule has 0 aliphatic heterocycles. The number of ether oxygens (including phenoxy) is 1. The molecular formula is C15H14FNO2S. The molecule has 0 aliphatic carbocycles. The SMILES string of the molecule is COc1ccc(C(=O)Nc2cccc(SC)c2)c(F)c1. The van der Waals surface area contributed by atoms with E-state index in [0.29, 0.717) is 11.4 Å². The summed E-state index contributed by atoms with van der Waals surface area (Å²) in [5.74, 6) is -0.713. The molecule has 3 nitrogen and oxygen atoms in total. The third-order valence-electron chi connectivity index (χ3n) is 2.75. The highest BCUT2D eigenvalue weighted by Gasteiger charge is 2.12. The zero-order chi connectivity index (χ0) is 14.5. The molecule has 0 heterocycles. The molecule has 0 unspecified atom stereocenters. The van der Waals surface area contributed by atoms with Gasteiger partial charge in [0.15, 0.2) is 0 Å². The predicted molar refractivity (Wildman–Crippen MR) is 79.1 cm³/mol. The monoisotopic (exact) mass is 291 g/mol. The Labute approximate surface area is 121 Å². The molecule has 5 heteroatoms. The number of benzene rings is 2. The van der Waals surface area contributed by atoms with Crippen molar-refractivity contribution in [1.29, 1.82) is 0 Å². The first-order chi connectivity index (χ1) is 9.63. The van der Waals surface area contributed by atoms with Gasteiger partial charge in [0.05, 0.1) is 12.7 Å². The zero-order valence-electron chi connectivity index (χ0n) is 11.1. The third-order valence-corrected chi connectivity index (χ3v) is 3.47. The summed E-state index contributed by atoms with van der Waals surface area (Å²) in [6.07, 6.45) is 1.95. The van der Waals surface area contributed by atoms with E-state index in [1.54, 1.807) is 23.9 Å². The van der Waals surface area contributed by atoms with Crippen LogP contribution in [0.3, 0.4) is 0 Å². The third kappa shape index (κ3) is 3.30. The fourth-order valence-electron chi connectivity index (χ4n) is 1.71. The van der Waals surface area contributed by atoms with Crippen LogP contribution in [-0.4, -0.2) is 19.3 Å². The quantitative estimate of drug-likeness (QED) is 0.871. The normalized spacial score (nSPS) is 10.2. The van der Waals surface area contributed by atoms with E-state index in [1.807, 2.05) is 24.5 Å². The maximum Gasteiger partial charge on any atom is 0.258 e. The van der Waals surface area contributed by atoms with Crippen LogP contribution in [-0.2, 0) is 0 Å². The molecule has 0 saturated carbocycles. The van der Waals surface area contributed by atoms with Crippen LogP contribution in [0.1, 0.15) is 10.4 Å². The second-order valence-electron chi connectivity index (χ2n) is 4.03. The van der Waals surface area contributed by atoms with Crippen LogP contribution < -0.4 is 10.1 Å². The highest BCUT2D eigenvalue weighted by molar-refractivity contribution is 7.98. The van der Waals surface area contributed by atoms with Gasteiger partial charge in [-0.25, -0.2) is 4.39 Å². The fourth-order valence-corrected chi connectivity index (χ4v) is 2.17. The number of nitrogens with one attached hydrogen (secondary N) is 1. The lowest BCUT2D eigenvalue weighted by molar-refractivity contribution is 0.102. The van der Waals surface area contributed by atoms with Crippen molar-refractivity contribution in [2.45, 2.75) is 4.90 Å². The lowest BCUT2D eigenvalue weighted by atomic mass is 10.2. The highest BCUT2D eigenvalue weighted by atomic mass is 32.2. The van der Waals surface area contributed by atoms with Crippen LogP contribution in [0.25, 0.3) is 0 Å². The highest BCUT2D eigenvalue weighted by Crippen LogP contribution is 2.21. The van der Waals surface area contributed by atoms with Crippen molar-refractivity contribution in [1.82, 2.24) is 0 Å². The lowest BCUT2D eigenvalue weighted by Crippen LogP contribution is -2.13. The van der Waals surface area contributed by atoms with Crippen LogP contribution in [0.2, 0.25) is 0 Å². The molecule has 0 aromatic heterocycles. The van der Waals surface area contributed by atoms with Gasteiger partial charge in [0.25, 0.3) is 5.91 Å². The Morgan fingerprint density at radius 1 is 1.25 bits per heavy atom. The Morgan fingerprint density at radius 2 is 2.05 bits per heavy atom. The van der Waals surface area contributed by atoms with E-state index < -0.39 is 11.7 Å². The largest absolute Gasteiger partial charge is 0.497 e. The minimum atomic E-state index is -0.608. The van der Waals surface area contributed by atoms with Crippen LogP contribution in [0.5, 0.6) is 5.75 Å². The Hall–Kier alpha value is -2.01. The summed E-state index contributed by atoms with van der Waals surface area (Å²) in [6.45, 7) is 0. The Kier molecular flexibility index (Phi) is 4.63. The second kappa shape index (κ2) is 6.43. The number of carbonyl (C=O) groups excluding carboxylic acids is 1. The van der Waals surface area contributed by atoms with E-state index in [9.17, 15) is 9.18 Å². The molecule has 0 atom stereocenters. The summed E-state index contributed by atoms with van der Waals surface area (Å²) in [6, 6.07) is 11.5.